The van der Waals surface area contributed by atoms with E-state index in [0.717, 1.165) is 12.1 Å². The number of carbonyl (C=O) groups excluding carboxylic acids is 1. The Bertz CT molecular complexity index is 855. The van der Waals surface area contributed by atoms with Crippen molar-refractivity contribution in [2.45, 2.75) is 82.9 Å². The minimum absolute atomic E-state index is 0.0477. The number of carboxylic acids is 1. The maximum absolute atomic E-state index is 14.5. The van der Waals surface area contributed by atoms with E-state index in [1.165, 1.54) is 6.07 Å². The number of hydrogen-bond acceptors (Lipinski definition) is 6. The molecule has 3 rings (SSSR count). The lowest BCUT2D eigenvalue weighted by molar-refractivity contribution is -0.191. The number of alkyl carbamates (subject to hydrolysis) is 1. The molecule has 172 valence electrons. The highest BCUT2D eigenvalue weighted by molar-refractivity contribution is 5.71. The lowest BCUT2D eigenvalue weighted by Crippen LogP contribution is -2.50. The Kier molecular flexibility index (Phi) is 6.28. The summed E-state index contributed by atoms with van der Waals surface area (Å²) in [6, 6.07) is 2.02. The first kappa shape index (κ1) is 23.4. The van der Waals surface area contributed by atoms with E-state index in [4.69, 9.17) is 18.9 Å². The van der Waals surface area contributed by atoms with E-state index in [0.29, 0.717) is 0 Å². The third kappa shape index (κ3) is 5.50. The lowest BCUT2D eigenvalue weighted by Gasteiger charge is -2.30. The van der Waals surface area contributed by atoms with Crippen molar-refractivity contribution in [3.8, 4) is 0 Å². The van der Waals surface area contributed by atoms with Crippen molar-refractivity contribution >= 4 is 12.1 Å². The van der Waals surface area contributed by atoms with E-state index in [1.54, 1.807) is 34.6 Å². The van der Waals surface area contributed by atoms with Crippen molar-refractivity contribution < 1.29 is 42.4 Å². The van der Waals surface area contributed by atoms with Crippen LogP contribution in [-0.2, 0) is 23.7 Å². The predicted molar refractivity (Wildman–Crippen MR) is 103 cm³/mol. The van der Waals surface area contributed by atoms with E-state index < -0.39 is 72.0 Å². The van der Waals surface area contributed by atoms with Gasteiger partial charge in [0.15, 0.2) is 5.79 Å². The van der Waals surface area contributed by atoms with Crippen LogP contribution in [0.4, 0.5) is 13.6 Å². The van der Waals surface area contributed by atoms with Gasteiger partial charge in [-0.15, -0.1) is 0 Å². The molecule has 31 heavy (non-hydrogen) atoms. The molecule has 10 heteroatoms. The molecule has 2 aliphatic rings. The smallest absolute Gasteiger partial charge is 0.407 e. The number of aliphatic carboxylic acids is 1. The second kappa shape index (κ2) is 8.33. The zero-order valence-corrected chi connectivity index (χ0v) is 18.0. The van der Waals surface area contributed by atoms with Gasteiger partial charge in [0.1, 0.15) is 41.7 Å². The number of halogens is 2. The van der Waals surface area contributed by atoms with Crippen LogP contribution < -0.4 is 5.32 Å². The van der Waals surface area contributed by atoms with Crippen LogP contribution in [-0.4, -0.2) is 52.9 Å². The van der Waals surface area contributed by atoms with Crippen molar-refractivity contribution in [3.05, 3.63) is 35.4 Å². The van der Waals surface area contributed by atoms with Gasteiger partial charge in [0.2, 0.25) is 0 Å². The van der Waals surface area contributed by atoms with Crippen LogP contribution in [0.25, 0.3) is 0 Å². The average molecular weight is 443 g/mol. The van der Waals surface area contributed by atoms with Gasteiger partial charge in [-0.25, -0.2) is 13.6 Å². The standard InChI is InChI=1S/C21H27F2NO7/c1-20(2,3)31-19(27)24-13(9-14(25)26)16-18-17(29-21(4,5)30-18)15(28-16)11-7-6-10(22)8-12(11)23/h6-8,13,15-18H,9H2,1-5H3,(H,24,27)(H,25,26)/t13-,15+,16-,17-,18+/m1/s1. The molecule has 2 saturated heterocycles. The molecule has 5 atom stereocenters. The Morgan fingerprint density at radius 1 is 1.23 bits per heavy atom. The summed E-state index contributed by atoms with van der Waals surface area (Å²) in [4.78, 5) is 23.8. The number of amides is 1. The predicted octanol–water partition coefficient (Wildman–Crippen LogP) is 3.29. The molecule has 0 aliphatic carbocycles. The summed E-state index contributed by atoms with van der Waals surface area (Å²) in [5, 5.41) is 11.9. The highest BCUT2D eigenvalue weighted by atomic mass is 19.1. The zero-order valence-electron chi connectivity index (χ0n) is 18.0. The number of carboxylic acid groups (broad SMARTS) is 1. The summed E-state index contributed by atoms with van der Waals surface area (Å²) in [5.41, 5.74) is -0.752. The third-order valence-corrected chi connectivity index (χ3v) is 4.85. The molecule has 0 saturated carbocycles. The minimum Gasteiger partial charge on any atom is -0.481 e. The fourth-order valence-corrected chi connectivity index (χ4v) is 3.83. The van der Waals surface area contributed by atoms with Crippen LogP contribution in [0.3, 0.4) is 0 Å². The van der Waals surface area contributed by atoms with Crippen LogP contribution in [0.1, 0.15) is 52.7 Å². The number of benzene rings is 1. The molecule has 0 bridgehead atoms. The zero-order chi connectivity index (χ0) is 23.1. The van der Waals surface area contributed by atoms with Crippen LogP contribution in [0, 0.1) is 11.6 Å². The Morgan fingerprint density at radius 3 is 2.45 bits per heavy atom. The van der Waals surface area contributed by atoms with Crippen molar-refractivity contribution in [2.75, 3.05) is 0 Å². The molecule has 2 fully saturated rings. The summed E-state index contributed by atoms with van der Waals surface area (Å²) in [5.74, 6) is -3.80. The van der Waals surface area contributed by atoms with Gasteiger partial charge >= 0.3 is 12.1 Å². The van der Waals surface area contributed by atoms with E-state index in [-0.39, 0.29) is 5.56 Å². The molecule has 8 nitrogen and oxygen atoms in total. The van der Waals surface area contributed by atoms with Gasteiger partial charge in [-0.2, -0.15) is 0 Å². The number of rotatable bonds is 5. The maximum Gasteiger partial charge on any atom is 0.407 e. The molecule has 2 N–H and O–H groups in total. The largest absolute Gasteiger partial charge is 0.481 e. The number of hydrogen-bond donors (Lipinski definition) is 2. The Morgan fingerprint density at radius 2 is 1.87 bits per heavy atom. The quantitative estimate of drug-likeness (QED) is 0.720. The van der Waals surface area contributed by atoms with Crippen LogP contribution in [0.15, 0.2) is 18.2 Å². The molecule has 0 unspecified atom stereocenters. The average Bonchev–Trinajstić information content (AvgIpc) is 3.05. The molecule has 1 aromatic carbocycles. The molecule has 0 spiro atoms. The van der Waals surface area contributed by atoms with Crippen LogP contribution >= 0.6 is 0 Å². The summed E-state index contributed by atoms with van der Waals surface area (Å²) in [7, 11) is 0. The second-order valence-corrected chi connectivity index (χ2v) is 9.10. The van der Waals surface area contributed by atoms with E-state index in [9.17, 15) is 23.5 Å². The third-order valence-electron chi connectivity index (χ3n) is 4.85. The van der Waals surface area contributed by atoms with E-state index in [2.05, 4.69) is 5.32 Å². The van der Waals surface area contributed by atoms with Crippen molar-refractivity contribution in [2.24, 2.45) is 0 Å². The van der Waals surface area contributed by atoms with Crippen molar-refractivity contribution in [1.29, 1.82) is 0 Å². The number of carbonyl (C=O) groups is 2. The number of fused-ring (bicyclic) bond motifs is 1. The minimum atomic E-state index is -1.18. The normalized spacial score (nSPS) is 28.1. The van der Waals surface area contributed by atoms with E-state index in [1.807, 2.05) is 0 Å². The van der Waals surface area contributed by atoms with Gasteiger partial charge in [-0.1, -0.05) is 6.07 Å². The van der Waals surface area contributed by atoms with Gasteiger partial charge in [0.05, 0.1) is 12.5 Å². The highest BCUT2D eigenvalue weighted by Gasteiger charge is 2.58. The Hall–Kier alpha value is -2.30. The van der Waals surface area contributed by atoms with Crippen LogP contribution in [0.2, 0.25) is 0 Å². The molecule has 0 radical (unpaired) electrons. The Balaban J connectivity index is 1.91. The summed E-state index contributed by atoms with van der Waals surface area (Å²) < 4.78 is 50.9. The SMILES string of the molecule is CC(C)(C)OC(=O)N[C@H](CC(=O)O)[C@H]1O[C@@H](c2ccc(F)cc2F)[C@H]2OC(C)(C)O[C@@H]12. The first-order valence-corrected chi connectivity index (χ1v) is 9.93. The van der Waals surface area contributed by atoms with Crippen molar-refractivity contribution in [1.82, 2.24) is 5.32 Å². The number of nitrogens with one attached hydrogen (secondary N) is 1. The van der Waals surface area contributed by atoms with Gasteiger partial charge in [-0.3, -0.25) is 4.79 Å². The Labute approximate surface area is 178 Å². The fraction of sp³-hybridized carbons (Fsp3) is 0.619. The van der Waals surface area contributed by atoms with Gasteiger partial charge in [0.25, 0.3) is 0 Å². The van der Waals surface area contributed by atoms with Gasteiger partial charge in [-0.05, 0) is 40.7 Å². The van der Waals surface area contributed by atoms with Crippen LogP contribution in [0.5, 0.6) is 0 Å². The first-order valence-electron chi connectivity index (χ1n) is 9.93. The molecule has 0 aromatic heterocycles. The second-order valence-electron chi connectivity index (χ2n) is 9.10. The topological polar surface area (TPSA) is 103 Å². The van der Waals surface area contributed by atoms with Gasteiger partial charge in [0, 0.05) is 11.6 Å². The highest BCUT2D eigenvalue weighted by Crippen LogP contribution is 2.46. The van der Waals surface area contributed by atoms with Gasteiger partial charge < -0.3 is 29.4 Å². The summed E-state index contributed by atoms with van der Waals surface area (Å²) in [6.45, 7) is 8.34. The monoisotopic (exact) mass is 443 g/mol. The molecular weight excluding hydrogens is 416 g/mol. The molecule has 1 aromatic rings. The van der Waals surface area contributed by atoms with Crippen molar-refractivity contribution in [3.63, 3.8) is 0 Å². The molecule has 1 amide bonds. The summed E-state index contributed by atoms with van der Waals surface area (Å²) >= 11 is 0. The molecule has 2 aliphatic heterocycles. The molecular formula is C21H27F2NO7. The number of ether oxygens (including phenoxy) is 4. The van der Waals surface area contributed by atoms with E-state index >= 15 is 0 Å². The maximum atomic E-state index is 14.5. The lowest BCUT2D eigenvalue weighted by atomic mass is 9.97. The molecule has 2 heterocycles. The summed E-state index contributed by atoms with van der Waals surface area (Å²) in [6.07, 6.45) is -4.89. The fourth-order valence-electron chi connectivity index (χ4n) is 3.83. The first-order chi connectivity index (χ1) is 14.3.